The van der Waals surface area contributed by atoms with Gasteiger partial charge in [0.2, 0.25) is 5.91 Å². The molecule has 0 heterocycles. The number of unbranched alkanes of at least 4 members (excludes halogenated alkanes) is 1. The fourth-order valence-electron chi connectivity index (χ4n) is 0.720. The maximum Gasteiger partial charge on any atom is 0.244 e. The molecule has 2 N–H and O–H groups in total. The molecule has 0 aliphatic heterocycles. The SMILES string of the molecule is C=CCN(C)C.CCCC=C(C)C(N)=O. The summed E-state index contributed by atoms with van der Waals surface area (Å²) in [5, 5.41) is 0. The Hall–Kier alpha value is -1.09. The van der Waals surface area contributed by atoms with Crippen molar-refractivity contribution in [3.05, 3.63) is 24.3 Å². The van der Waals surface area contributed by atoms with Crippen LogP contribution in [-0.2, 0) is 4.79 Å². The highest BCUT2D eigenvalue weighted by Crippen LogP contribution is 1.95. The second kappa shape index (κ2) is 11.0. The molecule has 1 amide bonds. The van der Waals surface area contributed by atoms with E-state index in [4.69, 9.17) is 5.73 Å². The van der Waals surface area contributed by atoms with Gasteiger partial charge in [-0.1, -0.05) is 25.5 Å². The van der Waals surface area contributed by atoms with E-state index in [2.05, 4.69) is 18.4 Å². The van der Waals surface area contributed by atoms with Gasteiger partial charge in [0.1, 0.15) is 0 Å². The number of amides is 1. The molecule has 88 valence electrons. The molecule has 0 aliphatic rings. The van der Waals surface area contributed by atoms with Crippen LogP contribution in [0.1, 0.15) is 26.7 Å². The lowest BCUT2D eigenvalue weighted by molar-refractivity contribution is -0.114. The van der Waals surface area contributed by atoms with Gasteiger partial charge in [-0.05, 0) is 27.4 Å². The molecule has 0 saturated heterocycles. The molecule has 0 spiro atoms. The van der Waals surface area contributed by atoms with Gasteiger partial charge in [-0.2, -0.15) is 0 Å². The van der Waals surface area contributed by atoms with Crippen LogP contribution in [0.2, 0.25) is 0 Å². The van der Waals surface area contributed by atoms with Gasteiger partial charge >= 0.3 is 0 Å². The molecular formula is C12H24N2O. The highest BCUT2D eigenvalue weighted by molar-refractivity contribution is 5.91. The summed E-state index contributed by atoms with van der Waals surface area (Å²) in [5.74, 6) is -0.316. The summed E-state index contributed by atoms with van der Waals surface area (Å²) in [5.41, 5.74) is 5.63. The maximum absolute atomic E-state index is 10.4. The third-order valence-corrected chi connectivity index (χ3v) is 1.62. The van der Waals surface area contributed by atoms with Crippen LogP contribution in [-0.4, -0.2) is 31.4 Å². The predicted octanol–water partition coefficient (Wildman–Crippen LogP) is 1.95. The number of nitrogens with two attached hydrogens (primary N) is 1. The van der Waals surface area contributed by atoms with Crippen LogP contribution in [0.15, 0.2) is 24.3 Å². The fourth-order valence-corrected chi connectivity index (χ4v) is 0.720. The van der Waals surface area contributed by atoms with Crippen molar-refractivity contribution in [2.75, 3.05) is 20.6 Å². The first kappa shape index (κ1) is 16.3. The lowest BCUT2D eigenvalue weighted by atomic mass is 10.2. The minimum absolute atomic E-state index is 0.316. The van der Waals surface area contributed by atoms with E-state index >= 15 is 0 Å². The minimum atomic E-state index is -0.316. The van der Waals surface area contributed by atoms with Crippen molar-refractivity contribution >= 4 is 5.91 Å². The molecule has 0 aromatic rings. The monoisotopic (exact) mass is 212 g/mol. The molecular weight excluding hydrogens is 188 g/mol. The van der Waals surface area contributed by atoms with Crippen molar-refractivity contribution in [3.8, 4) is 0 Å². The zero-order valence-electron chi connectivity index (χ0n) is 10.4. The molecule has 0 bridgehead atoms. The van der Waals surface area contributed by atoms with E-state index in [-0.39, 0.29) is 5.91 Å². The Labute approximate surface area is 93.6 Å². The van der Waals surface area contributed by atoms with Gasteiger partial charge in [-0.25, -0.2) is 0 Å². The van der Waals surface area contributed by atoms with E-state index < -0.39 is 0 Å². The Bertz CT molecular complexity index is 208. The first-order chi connectivity index (χ1) is 6.95. The minimum Gasteiger partial charge on any atom is -0.366 e. The first-order valence-corrected chi connectivity index (χ1v) is 5.17. The molecule has 0 radical (unpaired) electrons. The van der Waals surface area contributed by atoms with E-state index in [1.165, 1.54) is 0 Å². The lowest BCUT2D eigenvalue weighted by Crippen LogP contribution is -2.11. The van der Waals surface area contributed by atoms with E-state index in [1.807, 2.05) is 26.2 Å². The molecule has 0 saturated carbocycles. The molecule has 0 aliphatic carbocycles. The van der Waals surface area contributed by atoms with Gasteiger partial charge in [0, 0.05) is 12.1 Å². The third kappa shape index (κ3) is 15.6. The topological polar surface area (TPSA) is 46.3 Å². The Balaban J connectivity index is 0. The zero-order valence-corrected chi connectivity index (χ0v) is 10.4. The summed E-state index contributed by atoms with van der Waals surface area (Å²) in [6.07, 6.45) is 5.74. The van der Waals surface area contributed by atoms with E-state index in [0.717, 1.165) is 19.4 Å². The Morgan fingerprint density at radius 1 is 1.47 bits per heavy atom. The standard InChI is InChI=1S/C7H13NO.C5H11N/c1-3-4-5-6(2)7(8)9;1-4-5-6(2)3/h5H,3-4H2,1-2H3,(H2,8,9);4H,1,5H2,2-3H3. The molecule has 15 heavy (non-hydrogen) atoms. The van der Waals surface area contributed by atoms with E-state index in [0.29, 0.717) is 5.57 Å². The molecule has 0 aromatic heterocycles. The smallest absolute Gasteiger partial charge is 0.244 e. The van der Waals surface area contributed by atoms with Crippen LogP contribution < -0.4 is 5.73 Å². The van der Waals surface area contributed by atoms with Crippen molar-refractivity contribution in [3.63, 3.8) is 0 Å². The largest absolute Gasteiger partial charge is 0.366 e. The summed E-state index contributed by atoms with van der Waals surface area (Å²) >= 11 is 0. The van der Waals surface area contributed by atoms with Crippen LogP contribution in [0.4, 0.5) is 0 Å². The average molecular weight is 212 g/mol. The summed E-state index contributed by atoms with van der Waals surface area (Å²) in [6, 6.07) is 0. The summed E-state index contributed by atoms with van der Waals surface area (Å²) in [6.45, 7) is 8.33. The van der Waals surface area contributed by atoms with Gasteiger partial charge in [0.15, 0.2) is 0 Å². The van der Waals surface area contributed by atoms with E-state index in [9.17, 15) is 4.79 Å². The number of hydrogen-bond donors (Lipinski definition) is 1. The molecule has 0 unspecified atom stereocenters. The zero-order chi connectivity index (χ0) is 12.3. The number of primary amides is 1. The van der Waals surface area contributed by atoms with Crippen molar-refractivity contribution < 1.29 is 4.79 Å². The third-order valence-electron chi connectivity index (χ3n) is 1.62. The van der Waals surface area contributed by atoms with Crippen LogP contribution >= 0.6 is 0 Å². The van der Waals surface area contributed by atoms with Crippen LogP contribution in [0, 0.1) is 0 Å². The second-order valence-corrected chi connectivity index (χ2v) is 3.59. The number of nitrogens with zero attached hydrogens (tertiary/aromatic N) is 1. The Kier molecular flexibility index (Phi) is 12.0. The number of carbonyl (C=O) groups is 1. The number of rotatable bonds is 5. The molecule has 3 nitrogen and oxygen atoms in total. The molecule has 0 aromatic carbocycles. The summed E-state index contributed by atoms with van der Waals surface area (Å²) in [4.78, 5) is 12.4. The maximum atomic E-state index is 10.4. The van der Waals surface area contributed by atoms with Gasteiger partial charge in [0.25, 0.3) is 0 Å². The van der Waals surface area contributed by atoms with Gasteiger partial charge in [-0.3, -0.25) is 4.79 Å². The van der Waals surface area contributed by atoms with Gasteiger partial charge in [0.05, 0.1) is 0 Å². The fraction of sp³-hybridized carbons (Fsp3) is 0.583. The summed E-state index contributed by atoms with van der Waals surface area (Å²) in [7, 11) is 4.03. The van der Waals surface area contributed by atoms with Crippen molar-refractivity contribution in [1.82, 2.24) is 4.90 Å². The Morgan fingerprint density at radius 2 is 2.00 bits per heavy atom. The van der Waals surface area contributed by atoms with E-state index in [1.54, 1.807) is 6.92 Å². The van der Waals surface area contributed by atoms with Crippen LogP contribution in [0.25, 0.3) is 0 Å². The predicted molar refractivity (Wildman–Crippen MR) is 66.6 cm³/mol. The molecule has 0 rings (SSSR count). The normalized spacial score (nSPS) is 10.6. The highest BCUT2D eigenvalue weighted by Gasteiger charge is 1.93. The molecule has 0 fully saturated rings. The first-order valence-electron chi connectivity index (χ1n) is 5.17. The number of likely N-dealkylation sites (N-methyl/N-ethyl adjacent to an activating group) is 1. The van der Waals surface area contributed by atoms with Crippen molar-refractivity contribution in [1.29, 1.82) is 0 Å². The van der Waals surface area contributed by atoms with Crippen molar-refractivity contribution in [2.24, 2.45) is 5.73 Å². The van der Waals surface area contributed by atoms with Gasteiger partial charge in [-0.15, -0.1) is 6.58 Å². The van der Waals surface area contributed by atoms with Gasteiger partial charge < -0.3 is 10.6 Å². The molecule has 3 heteroatoms. The quantitative estimate of drug-likeness (QED) is 0.559. The highest BCUT2D eigenvalue weighted by atomic mass is 16.1. The Morgan fingerprint density at radius 3 is 2.20 bits per heavy atom. The number of allylic oxidation sites excluding steroid dienone is 1. The second-order valence-electron chi connectivity index (χ2n) is 3.59. The van der Waals surface area contributed by atoms with Crippen LogP contribution in [0.5, 0.6) is 0 Å². The molecule has 0 atom stereocenters. The summed E-state index contributed by atoms with van der Waals surface area (Å²) < 4.78 is 0. The lowest BCUT2D eigenvalue weighted by Gasteiger charge is -2.01. The average Bonchev–Trinajstić information content (AvgIpc) is 2.14. The van der Waals surface area contributed by atoms with Crippen LogP contribution in [0.3, 0.4) is 0 Å². The number of carbonyl (C=O) groups excluding carboxylic acids is 1. The van der Waals surface area contributed by atoms with Crippen molar-refractivity contribution in [2.45, 2.75) is 26.7 Å². The number of hydrogen-bond acceptors (Lipinski definition) is 2.